The molecule has 0 aliphatic heterocycles. The predicted molar refractivity (Wildman–Crippen MR) is 105 cm³/mol. The Bertz CT molecular complexity index is 1210. The van der Waals surface area contributed by atoms with E-state index in [1.54, 1.807) is 33.7 Å². The van der Waals surface area contributed by atoms with E-state index in [0.29, 0.717) is 40.2 Å². The Hall–Kier alpha value is -3.12. The summed E-state index contributed by atoms with van der Waals surface area (Å²) in [5.74, 6) is -0.210. The summed E-state index contributed by atoms with van der Waals surface area (Å²) in [4.78, 5) is 30.0. The van der Waals surface area contributed by atoms with Gasteiger partial charge in [0.2, 0.25) is 0 Å². The zero-order valence-corrected chi connectivity index (χ0v) is 15.4. The molecule has 0 fully saturated rings. The highest BCUT2D eigenvalue weighted by Crippen LogP contribution is 2.20. The molecule has 2 aromatic heterocycles. The Morgan fingerprint density at radius 1 is 1.19 bits per heavy atom. The molecule has 2 aromatic carbocycles. The second-order valence-corrected chi connectivity index (χ2v) is 6.61. The number of hydrogen-bond acceptors (Lipinski definition) is 3. The second-order valence-electron chi connectivity index (χ2n) is 6.20. The first kappa shape index (κ1) is 17.3. The third-order valence-corrected chi connectivity index (χ3v) is 4.97. The molecule has 136 valence electrons. The summed E-state index contributed by atoms with van der Waals surface area (Å²) < 4.78 is 1.59. The number of amides is 1. The van der Waals surface area contributed by atoms with Gasteiger partial charge in [-0.2, -0.15) is 5.10 Å². The average Bonchev–Trinajstić information content (AvgIpc) is 3.11. The van der Waals surface area contributed by atoms with Crippen LogP contribution in [0.1, 0.15) is 22.8 Å². The lowest BCUT2D eigenvalue weighted by Crippen LogP contribution is -2.30. The highest BCUT2D eigenvalue weighted by molar-refractivity contribution is 6.31. The molecule has 0 radical (unpaired) electrons. The van der Waals surface area contributed by atoms with Crippen LogP contribution in [-0.2, 0) is 6.54 Å². The summed E-state index contributed by atoms with van der Waals surface area (Å²) in [6, 6.07) is 14.6. The lowest BCUT2D eigenvalue weighted by atomic mass is 10.2. The van der Waals surface area contributed by atoms with Crippen molar-refractivity contribution in [1.82, 2.24) is 19.5 Å². The number of benzene rings is 2. The largest absolute Gasteiger partial charge is 0.334 e. The van der Waals surface area contributed by atoms with E-state index in [1.807, 2.05) is 31.2 Å². The van der Waals surface area contributed by atoms with Gasteiger partial charge >= 0.3 is 0 Å². The van der Waals surface area contributed by atoms with Gasteiger partial charge in [-0.1, -0.05) is 41.9 Å². The fraction of sp³-hybridized carbons (Fsp3) is 0.150. The van der Waals surface area contributed by atoms with Gasteiger partial charge < -0.3 is 9.88 Å². The van der Waals surface area contributed by atoms with Gasteiger partial charge in [0.05, 0.1) is 17.1 Å². The van der Waals surface area contributed by atoms with Crippen LogP contribution < -0.4 is 5.56 Å². The maximum atomic E-state index is 13.1. The van der Waals surface area contributed by atoms with Gasteiger partial charge in [-0.15, -0.1) is 0 Å². The Labute approximate surface area is 160 Å². The molecule has 1 N–H and O–H groups in total. The number of fused-ring (bicyclic) bond motifs is 3. The third-order valence-electron chi connectivity index (χ3n) is 4.60. The van der Waals surface area contributed by atoms with Gasteiger partial charge in [0.1, 0.15) is 11.2 Å². The van der Waals surface area contributed by atoms with Crippen LogP contribution in [0.25, 0.3) is 16.6 Å². The molecule has 6 nitrogen and oxygen atoms in total. The van der Waals surface area contributed by atoms with Crippen LogP contribution in [-0.4, -0.2) is 31.9 Å². The van der Waals surface area contributed by atoms with Gasteiger partial charge in [0, 0.05) is 18.1 Å². The summed E-state index contributed by atoms with van der Waals surface area (Å²) in [7, 11) is 0. The number of aromatic amines is 1. The predicted octanol–water partition coefficient (Wildman–Crippen LogP) is 3.49. The maximum absolute atomic E-state index is 13.1. The number of carbonyl (C=O) groups is 1. The van der Waals surface area contributed by atoms with E-state index >= 15 is 0 Å². The zero-order valence-electron chi connectivity index (χ0n) is 14.6. The van der Waals surface area contributed by atoms with Crippen LogP contribution in [0, 0.1) is 0 Å². The molecule has 0 saturated carbocycles. The molecule has 7 heteroatoms. The van der Waals surface area contributed by atoms with Crippen molar-refractivity contribution in [3.05, 3.63) is 81.2 Å². The van der Waals surface area contributed by atoms with Crippen molar-refractivity contribution in [2.24, 2.45) is 0 Å². The molecule has 4 aromatic rings. The van der Waals surface area contributed by atoms with E-state index in [2.05, 4.69) is 10.1 Å². The minimum atomic E-state index is -0.248. The fourth-order valence-electron chi connectivity index (χ4n) is 3.16. The lowest BCUT2D eigenvalue weighted by molar-refractivity contribution is 0.0754. The van der Waals surface area contributed by atoms with Crippen LogP contribution in [0.15, 0.2) is 59.5 Å². The standard InChI is InChI=1S/C20H17ClN4O2/c1-2-24(12-13-7-3-5-9-16(13)21)20(27)15-11-22-25-17-10-6-4-8-14(17)19(26)23-18(15)25/h3-11H,2,12H2,1H3,(H,23,26). The molecular formula is C20H17ClN4O2. The molecule has 0 unspecified atom stereocenters. The van der Waals surface area contributed by atoms with E-state index in [9.17, 15) is 9.59 Å². The SMILES string of the molecule is CCN(Cc1ccccc1Cl)C(=O)c1cnn2c1[nH]c(=O)c1ccccc12. The van der Waals surface area contributed by atoms with E-state index in [-0.39, 0.29) is 11.5 Å². The first-order valence-electron chi connectivity index (χ1n) is 8.61. The molecular weight excluding hydrogens is 364 g/mol. The van der Waals surface area contributed by atoms with Crippen molar-refractivity contribution in [3.63, 3.8) is 0 Å². The van der Waals surface area contributed by atoms with E-state index in [4.69, 9.17) is 11.6 Å². The first-order valence-corrected chi connectivity index (χ1v) is 8.99. The van der Waals surface area contributed by atoms with E-state index < -0.39 is 0 Å². The van der Waals surface area contributed by atoms with Crippen molar-refractivity contribution in [2.45, 2.75) is 13.5 Å². The fourth-order valence-corrected chi connectivity index (χ4v) is 3.36. The summed E-state index contributed by atoms with van der Waals surface area (Å²) in [5, 5.41) is 5.46. The minimum Gasteiger partial charge on any atom is -0.334 e. The molecule has 0 spiro atoms. The number of carbonyl (C=O) groups excluding carboxylic acids is 1. The van der Waals surface area contributed by atoms with Gasteiger partial charge in [0.15, 0.2) is 0 Å². The topological polar surface area (TPSA) is 70.5 Å². The number of rotatable bonds is 4. The quantitative estimate of drug-likeness (QED) is 0.589. The smallest absolute Gasteiger partial charge is 0.259 e. The Morgan fingerprint density at radius 2 is 1.93 bits per heavy atom. The van der Waals surface area contributed by atoms with Crippen LogP contribution in [0.2, 0.25) is 5.02 Å². The highest BCUT2D eigenvalue weighted by Gasteiger charge is 2.21. The normalized spacial score (nSPS) is 11.2. The molecule has 2 heterocycles. The third kappa shape index (κ3) is 2.98. The van der Waals surface area contributed by atoms with Crippen LogP contribution in [0.3, 0.4) is 0 Å². The summed E-state index contributed by atoms with van der Waals surface area (Å²) in [6.45, 7) is 2.78. The van der Waals surface area contributed by atoms with Crippen molar-refractivity contribution in [1.29, 1.82) is 0 Å². The van der Waals surface area contributed by atoms with Crippen LogP contribution >= 0.6 is 11.6 Å². The number of aromatic nitrogens is 3. The number of halogens is 1. The lowest BCUT2D eigenvalue weighted by Gasteiger charge is -2.21. The minimum absolute atomic E-state index is 0.210. The molecule has 0 aliphatic carbocycles. The molecule has 0 saturated heterocycles. The monoisotopic (exact) mass is 380 g/mol. The van der Waals surface area contributed by atoms with Crippen molar-refractivity contribution in [2.75, 3.05) is 6.54 Å². The molecule has 27 heavy (non-hydrogen) atoms. The van der Waals surface area contributed by atoms with Crippen molar-refractivity contribution >= 4 is 34.1 Å². The number of H-pyrrole nitrogens is 1. The zero-order chi connectivity index (χ0) is 19.0. The summed E-state index contributed by atoms with van der Waals surface area (Å²) in [6.07, 6.45) is 1.50. The number of nitrogens with one attached hydrogen (secondary N) is 1. The molecule has 0 bridgehead atoms. The molecule has 0 aliphatic rings. The number of para-hydroxylation sites is 1. The van der Waals surface area contributed by atoms with Crippen molar-refractivity contribution < 1.29 is 4.79 Å². The average molecular weight is 381 g/mol. The Kier molecular flexibility index (Phi) is 4.41. The Balaban J connectivity index is 1.78. The van der Waals surface area contributed by atoms with Crippen LogP contribution in [0.4, 0.5) is 0 Å². The number of hydrogen-bond donors (Lipinski definition) is 1. The summed E-state index contributed by atoms with van der Waals surface area (Å²) in [5.41, 5.74) is 2.02. The number of nitrogens with zero attached hydrogens (tertiary/aromatic N) is 3. The molecule has 0 atom stereocenters. The van der Waals surface area contributed by atoms with Gasteiger partial charge in [-0.05, 0) is 30.7 Å². The summed E-state index contributed by atoms with van der Waals surface area (Å²) >= 11 is 6.23. The molecule has 4 rings (SSSR count). The second kappa shape index (κ2) is 6.89. The highest BCUT2D eigenvalue weighted by atomic mass is 35.5. The Morgan fingerprint density at radius 3 is 2.70 bits per heavy atom. The molecule has 1 amide bonds. The van der Waals surface area contributed by atoms with Crippen LogP contribution in [0.5, 0.6) is 0 Å². The van der Waals surface area contributed by atoms with Crippen molar-refractivity contribution in [3.8, 4) is 0 Å². The van der Waals surface area contributed by atoms with E-state index in [1.165, 1.54) is 6.20 Å². The van der Waals surface area contributed by atoms with Gasteiger partial charge in [-0.25, -0.2) is 4.52 Å². The van der Waals surface area contributed by atoms with Gasteiger partial charge in [0.25, 0.3) is 11.5 Å². The maximum Gasteiger partial charge on any atom is 0.259 e. The van der Waals surface area contributed by atoms with Gasteiger partial charge in [-0.3, -0.25) is 9.59 Å². The first-order chi connectivity index (χ1) is 13.1. The van der Waals surface area contributed by atoms with E-state index in [0.717, 1.165) is 5.56 Å².